The van der Waals surface area contributed by atoms with Crippen molar-refractivity contribution >= 4 is 22.4 Å². The number of nitrogens with zero attached hydrogens (tertiary/aromatic N) is 1. The molecule has 0 saturated heterocycles. The Morgan fingerprint density at radius 2 is 1.83 bits per heavy atom. The van der Waals surface area contributed by atoms with Crippen LogP contribution >= 0.6 is 0 Å². The number of aliphatic hydroxyl groups excluding tert-OH is 1. The van der Waals surface area contributed by atoms with Crippen LogP contribution in [-0.4, -0.2) is 28.1 Å². The van der Waals surface area contributed by atoms with Crippen LogP contribution in [0.2, 0.25) is 0 Å². The number of hydrogen-bond donors (Lipinski definition) is 2. The van der Waals surface area contributed by atoms with E-state index in [1.54, 1.807) is 0 Å². The Bertz CT molecular complexity index is 1120. The van der Waals surface area contributed by atoms with Crippen LogP contribution in [0.3, 0.4) is 0 Å². The average molecular weight is 401 g/mol. The lowest BCUT2D eigenvalue weighted by Gasteiger charge is -2.26. The van der Waals surface area contributed by atoms with Crippen LogP contribution in [0, 0.1) is 6.92 Å². The molecule has 1 aliphatic rings. The molecule has 154 valence electrons. The number of carbonyl (C=O) groups is 1. The molecule has 1 atom stereocenters. The van der Waals surface area contributed by atoms with Crippen LogP contribution in [0.4, 0.5) is 0 Å². The number of hydrogen-bond acceptors (Lipinski definition) is 3. The van der Waals surface area contributed by atoms with Crippen LogP contribution in [0.1, 0.15) is 48.9 Å². The maximum atomic E-state index is 12.9. The first-order valence-corrected chi connectivity index (χ1v) is 10.7. The summed E-state index contributed by atoms with van der Waals surface area (Å²) in [5, 5.41) is 11.6. The number of fused-ring (bicyclic) bond motifs is 1. The van der Waals surface area contributed by atoms with Gasteiger partial charge < -0.3 is 10.1 Å². The number of allylic oxidation sites excluding steroid dienone is 2. The Hall–Kier alpha value is -3.14. The molecule has 2 aromatic carbocycles. The van der Waals surface area contributed by atoms with E-state index in [9.17, 15) is 9.90 Å². The minimum Gasteiger partial charge on any atom is -0.512 e. The first-order valence-electron chi connectivity index (χ1n) is 10.7. The molecule has 0 radical (unpaired) electrons. The predicted molar refractivity (Wildman–Crippen MR) is 122 cm³/mol. The van der Waals surface area contributed by atoms with Crippen molar-refractivity contribution in [1.29, 1.82) is 0 Å². The second kappa shape index (κ2) is 8.70. The van der Waals surface area contributed by atoms with Crippen LogP contribution < -0.4 is 0 Å². The van der Waals surface area contributed by atoms with Gasteiger partial charge in [0.25, 0.3) is 0 Å². The van der Waals surface area contributed by atoms with Crippen molar-refractivity contribution in [3.05, 3.63) is 82.8 Å². The number of H-pyrrole nitrogens is 1. The number of aryl methyl sites for hydroxylation is 1. The summed E-state index contributed by atoms with van der Waals surface area (Å²) in [6.07, 6.45) is 2.34. The van der Waals surface area contributed by atoms with E-state index in [4.69, 9.17) is 4.99 Å². The summed E-state index contributed by atoms with van der Waals surface area (Å²) in [6.45, 7) is 4.55. The van der Waals surface area contributed by atoms with Crippen molar-refractivity contribution in [2.75, 3.05) is 6.54 Å². The minimum atomic E-state index is -0.00326. The highest BCUT2D eigenvalue weighted by Crippen LogP contribution is 2.33. The van der Waals surface area contributed by atoms with Crippen LogP contribution in [0.15, 0.2) is 70.9 Å². The third-order valence-electron chi connectivity index (χ3n) is 6.02. The van der Waals surface area contributed by atoms with Crippen LogP contribution in [0.25, 0.3) is 10.9 Å². The lowest BCUT2D eigenvalue weighted by Crippen LogP contribution is -2.27. The molecule has 0 amide bonds. The van der Waals surface area contributed by atoms with Crippen molar-refractivity contribution in [1.82, 2.24) is 4.98 Å². The molecule has 4 rings (SSSR count). The highest BCUT2D eigenvalue weighted by atomic mass is 16.3. The highest BCUT2D eigenvalue weighted by Gasteiger charge is 2.31. The largest absolute Gasteiger partial charge is 0.512 e. The molecular formula is C26H28N2O2. The van der Waals surface area contributed by atoms with E-state index < -0.39 is 0 Å². The van der Waals surface area contributed by atoms with Gasteiger partial charge in [-0.15, -0.1) is 0 Å². The molecular weight excluding hydrogens is 372 g/mol. The van der Waals surface area contributed by atoms with Crippen molar-refractivity contribution in [3.8, 4) is 0 Å². The molecule has 0 aliphatic heterocycles. The van der Waals surface area contributed by atoms with Gasteiger partial charge in [-0.1, -0.05) is 55.5 Å². The summed E-state index contributed by atoms with van der Waals surface area (Å²) < 4.78 is 0. The minimum absolute atomic E-state index is 0.00326. The zero-order valence-corrected chi connectivity index (χ0v) is 17.6. The average Bonchev–Trinajstić information content (AvgIpc) is 3.09. The first-order chi connectivity index (χ1) is 14.6. The van der Waals surface area contributed by atoms with Gasteiger partial charge in [0, 0.05) is 41.7 Å². The fourth-order valence-corrected chi connectivity index (χ4v) is 4.46. The summed E-state index contributed by atoms with van der Waals surface area (Å²) in [7, 11) is 0. The second-order valence-corrected chi connectivity index (χ2v) is 7.97. The van der Waals surface area contributed by atoms with Crippen LogP contribution in [-0.2, 0) is 11.2 Å². The van der Waals surface area contributed by atoms with Gasteiger partial charge in [0.15, 0.2) is 5.78 Å². The van der Waals surface area contributed by atoms with Gasteiger partial charge in [-0.05, 0) is 42.9 Å². The molecule has 1 heterocycles. The van der Waals surface area contributed by atoms with Gasteiger partial charge in [-0.25, -0.2) is 0 Å². The monoisotopic (exact) mass is 400 g/mol. The van der Waals surface area contributed by atoms with E-state index in [-0.39, 0.29) is 17.5 Å². The lowest BCUT2D eigenvalue weighted by atomic mass is 9.79. The first kappa shape index (κ1) is 20.1. The zero-order valence-electron chi connectivity index (χ0n) is 17.6. The zero-order chi connectivity index (χ0) is 21.1. The second-order valence-electron chi connectivity index (χ2n) is 7.97. The normalized spacial score (nSPS) is 20.1. The van der Waals surface area contributed by atoms with Crippen molar-refractivity contribution in [3.63, 3.8) is 0 Å². The molecule has 1 saturated carbocycles. The quantitative estimate of drug-likeness (QED) is 0.418. The van der Waals surface area contributed by atoms with Gasteiger partial charge in [-0.2, -0.15) is 0 Å². The number of aromatic nitrogens is 1. The Morgan fingerprint density at radius 1 is 1.10 bits per heavy atom. The van der Waals surface area contributed by atoms with E-state index in [2.05, 4.69) is 42.2 Å². The number of aliphatic hydroxyl groups is 1. The molecule has 1 fully saturated rings. The molecule has 1 aliphatic carbocycles. The number of benzene rings is 2. The molecule has 2 N–H and O–H groups in total. The lowest BCUT2D eigenvalue weighted by molar-refractivity contribution is -0.115. The fraction of sp³-hybridized carbons (Fsp3) is 0.308. The van der Waals surface area contributed by atoms with Crippen molar-refractivity contribution < 1.29 is 9.90 Å². The molecule has 3 aromatic rings. The molecule has 30 heavy (non-hydrogen) atoms. The maximum Gasteiger partial charge on any atom is 0.168 e. The topological polar surface area (TPSA) is 65.4 Å². The number of Topliss-reactive ketones (excluding diaryl/α,β-unsaturated/α-hetero) is 1. The van der Waals surface area contributed by atoms with Gasteiger partial charge in [0.1, 0.15) is 5.76 Å². The summed E-state index contributed by atoms with van der Waals surface area (Å²) in [5.74, 6) is 0.269. The smallest absolute Gasteiger partial charge is 0.168 e. The summed E-state index contributed by atoms with van der Waals surface area (Å²) in [4.78, 5) is 21.2. The van der Waals surface area contributed by atoms with Crippen LogP contribution in [0.5, 0.6) is 0 Å². The molecule has 0 spiro atoms. The highest BCUT2D eigenvalue weighted by molar-refractivity contribution is 6.24. The van der Waals surface area contributed by atoms with Gasteiger partial charge in [-0.3, -0.25) is 9.79 Å². The number of para-hydroxylation sites is 1. The Balaban J connectivity index is 1.61. The SMILES string of the molecule is CCC(O)=C1C(=O)CC(c2ccccc2)CC1=NCCc1c(C)[nH]c2ccccc12. The number of aliphatic imine (C=N–C) groups is 1. The Morgan fingerprint density at radius 3 is 2.60 bits per heavy atom. The molecule has 0 bridgehead atoms. The standard InChI is InChI=1S/C26H28N2O2/c1-3-24(29)26-23(15-19(16-25(26)30)18-9-5-4-6-10-18)27-14-13-20-17(2)28-22-12-8-7-11-21(20)22/h4-12,19,28-29H,3,13-16H2,1-2H3. The Labute approximate surface area is 177 Å². The molecule has 4 heteroatoms. The maximum absolute atomic E-state index is 12.9. The summed E-state index contributed by atoms with van der Waals surface area (Å²) in [6, 6.07) is 18.4. The molecule has 4 nitrogen and oxygen atoms in total. The van der Waals surface area contributed by atoms with Gasteiger partial charge in [0.2, 0.25) is 0 Å². The number of rotatable bonds is 5. The number of ketones is 1. The summed E-state index contributed by atoms with van der Waals surface area (Å²) >= 11 is 0. The summed E-state index contributed by atoms with van der Waals surface area (Å²) in [5.41, 5.74) is 5.91. The third-order valence-corrected chi connectivity index (χ3v) is 6.02. The van der Waals surface area contributed by atoms with E-state index in [1.165, 1.54) is 10.9 Å². The van der Waals surface area contributed by atoms with Crippen molar-refractivity contribution in [2.45, 2.75) is 45.4 Å². The van der Waals surface area contributed by atoms with E-state index in [0.717, 1.165) is 28.9 Å². The third kappa shape index (κ3) is 3.95. The molecule has 1 aromatic heterocycles. The van der Waals surface area contributed by atoms with Gasteiger partial charge in [0.05, 0.1) is 5.57 Å². The molecule has 1 unspecified atom stereocenters. The van der Waals surface area contributed by atoms with Crippen molar-refractivity contribution in [2.24, 2.45) is 4.99 Å². The van der Waals surface area contributed by atoms with E-state index in [0.29, 0.717) is 31.4 Å². The number of aromatic amines is 1. The number of nitrogens with one attached hydrogen (secondary N) is 1. The van der Waals surface area contributed by atoms with Gasteiger partial charge >= 0.3 is 0 Å². The Kier molecular flexibility index (Phi) is 5.84. The fourth-order valence-electron chi connectivity index (χ4n) is 4.46. The van der Waals surface area contributed by atoms with E-state index in [1.807, 2.05) is 31.2 Å². The predicted octanol–water partition coefficient (Wildman–Crippen LogP) is 5.83. The van der Waals surface area contributed by atoms with E-state index >= 15 is 0 Å². The number of carbonyl (C=O) groups excluding carboxylic acids is 1.